The highest BCUT2D eigenvalue weighted by Crippen LogP contribution is 2.17. The number of rotatable bonds is 4. The van der Waals surface area contributed by atoms with Crippen molar-refractivity contribution in [3.8, 4) is 0 Å². The van der Waals surface area contributed by atoms with Gasteiger partial charge < -0.3 is 15.6 Å². The standard InChI is InChI=1S/C9H19NO3/c1-9(2,3)4-5-13-8(12)7(10)6-11/h7,11H,4-6,10H2,1-3H3. The zero-order valence-corrected chi connectivity index (χ0v) is 8.54. The minimum atomic E-state index is -0.903. The number of ether oxygens (including phenoxy) is 1. The van der Waals surface area contributed by atoms with Crippen molar-refractivity contribution in [2.45, 2.75) is 33.2 Å². The molecule has 0 saturated carbocycles. The van der Waals surface area contributed by atoms with Crippen molar-refractivity contribution in [1.82, 2.24) is 0 Å². The highest BCUT2D eigenvalue weighted by molar-refractivity contribution is 5.75. The normalized spacial score (nSPS) is 13.9. The molecule has 4 heteroatoms. The lowest BCUT2D eigenvalue weighted by molar-refractivity contribution is -0.146. The number of carbonyl (C=O) groups excluding carboxylic acids is 1. The van der Waals surface area contributed by atoms with Gasteiger partial charge in [-0.2, -0.15) is 0 Å². The second-order valence-electron chi connectivity index (χ2n) is 4.27. The SMILES string of the molecule is CC(C)(C)CCOC(=O)C(N)CO. The number of nitrogens with two attached hydrogens (primary N) is 1. The third-order valence-electron chi connectivity index (χ3n) is 1.60. The molecule has 0 aromatic heterocycles. The summed E-state index contributed by atoms with van der Waals surface area (Å²) in [4.78, 5) is 11.0. The second-order valence-corrected chi connectivity index (χ2v) is 4.27. The Balaban J connectivity index is 3.60. The van der Waals surface area contributed by atoms with E-state index in [1.165, 1.54) is 0 Å². The van der Waals surface area contributed by atoms with Crippen LogP contribution in [0.4, 0.5) is 0 Å². The van der Waals surface area contributed by atoms with Crippen LogP contribution in [0, 0.1) is 5.41 Å². The molecule has 3 N–H and O–H groups in total. The average Bonchev–Trinajstić information content (AvgIpc) is 2.00. The summed E-state index contributed by atoms with van der Waals surface area (Å²) in [5.74, 6) is -0.535. The molecular formula is C9H19NO3. The van der Waals surface area contributed by atoms with E-state index in [2.05, 4.69) is 20.8 Å². The lowest BCUT2D eigenvalue weighted by Crippen LogP contribution is -2.36. The molecule has 4 nitrogen and oxygen atoms in total. The Morgan fingerprint density at radius 2 is 2.08 bits per heavy atom. The van der Waals surface area contributed by atoms with Gasteiger partial charge in [0.1, 0.15) is 6.04 Å². The number of hydrogen-bond donors (Lipinski definition) is 2. The summed E-state index contributed by atoms with van der Waals surface area (Å²) < 4.78 is 4.85. The van der Waals surface area contributed by atoms with Crippen molar-refractivity contribution >= 4 is 5.97 Å². The summed E-state index contributed by atoms with van der Waals surface area (Å²) in [5.41, 5.74) is 5.38. The summed E-state index contributed by atoms with van der Waals surface area (Å²) >= 11 is 0. The van der Waals surface area contributed by atoms with E-state index in [1.807, 2.05) is 0 Å². The molecule has 0 radical (unpaired) electrons. The quantitative estimate of drug-likeness (QED) is 0.623. The Hall–Kier alpha value is -0.610. The van der Waals surface area contributed by atoms with Gasteiger partial charge in [-0.15, -0.1) is 0 Å². The van der Waals surface area contributed by atoms with Crippen molar-refractivity contribution < 1.29 is 14.6 Å². The van der Waals surface area contributed by atoms with Gasteiger partial charge in [0.2, 0.25) is 0 Å². The molecule has 1 unspecified atom stereocenters. The van der Waals surface area contributed by atoms with Crippen LogP contribution < -0.4 is 5.73 Å². The Kier molecular flexibility index (Phi) is 4.95. The van der Waals surface area contributed by atoms with Gasteiger partial charge in [0.05, 0.1) is 13.2 Å². The van der Waals surface area contributed by atoms with Gasteiger partial charge in [-0.05, 0) is 11.8 Å². The first kappa shape index (κ1) is 12.4. The van der Waals surface area contributed by atoms with Crippen LogP contribution in [0.5, 0.6) is 0 Å². The maximum absolute atomic E-state index is 11.0. The molecular weight excluding hydrogens is 170 g/mol. The smallest absolute Gasteiger partial charge is 0.325 e. The molecule has 0 fully saturated rings. The summed E-state index contributed by atoms with van der Waals surface area (Å²) in [6, 6.07) is -0.903. The van der Waals surface area contributed by atoms with Gasteiger partial charge in [0.15, 0.2) is 0 Å². The number of hydrogen-bond acceptors (Lipinski definition) is 4. The van der Waals surface area contributed by atoms with Crippen LogP contribution in [0.3, 0.4) is 0 Å². The molecule has 78 valence electrons. The molecule has 0 aliphatic carbocycles. The van der Waals surface area contributed by atoms with Crippen LogP contribution in [0.2, 0.25) is 0 Å². The zero-order chi connectivity index (χ0) is 10.5. The largest absolute Gasteiger partial charge is 0.464 e. The first-order valence-electron chi connectivity index (χ1n) is 4.40. The van der Waals surface area contributed by atoms with Crippen LogP contribution in [0.1, 0.15) is 27.2 Å². The number of aliphatic hydroxyl groups is 1. The summed E-state index contributed by atoms with van der Waals surface area (Å²) in [6.45, 7) is 6.18. The number of aliphatic hydroxyl groups excluding tert-OH is 1. The predicted octanol–water partition coefficient (Wildman–Crippen LogP) is 0.285. The lowest BCUT2D eigenvalue weighted by Gasteiger charge is -2.18. The van der Waals surface area contributed by atoms with E-state index in [-0.39, 0.29) is 12.0 Å². The Morgan fingerprint density at radius 1 is 1.54 bits per heavy atom. The highest BCUT2D eigenvalue weighted by atomic mass is 16.5. The fraction of sp³-hybridized carbons (Fsp3) is 0.889. The maximum Gasteiger partial charge on any atom is 0.325 e. The van der Waals surface area contributed by atoms with Crippen LogP contribution >= 0.6 is 0 Å². The number of esters is 1. The van der Waals surface area contributed by atoms with E-state index >= 15 is 0 Å². The molecule has 13 heavy (non-hydrogen) atoms. The third kappa shape index (κ3) is 6.54. The van der Waals surface area contributed by atoms with Crippen molar-refractivity contribution in [3.63, 3.8) is 0 Å². The molecule has 0 aromatic carbocycles. The van der Waals surface area contributed by atoms with E-state index in [1.54, 1.807) is 0 Å². The Labute approximate surface area is 79.1 Å². The van der Waals surface area contributed by atoms with Crippen molar-refractivity contribution in [2.75, 3.05) is 13.2 Å². The molecule has 0 spiro atoms. The van der Waals surface area contributed by atoms with Gasteiger partial charge in [-0.25, -0.2) is 0 Å². The van der Waals surface area contributed by atoms with Crippen LogP contribution in [0.25, 0.3) is 0 Å². The lowest BCUT2D eigenvalue weighted by atomic mass is 9.93. The van der Waals surface area contributed by atoms with Crippen molar-refractivity contribution in [3.05, 3.63) is 0 Å². The summed E-state index contributed by atoms with van der Waals surface area (Å²) in [6.07, 6.45) is 0.789. The maximum atomic E-state index is 11.0. The molecule has 0 aliphatic rings. The molecule has 0 bridgehead atoms. The van der Waals surface area contributed by atoms with Gasteiger partial charge >= 0.3 is 5.97 Å². The summed E-state index contributed by atoms with van der Waals surface area (Å²) in [5, 5.41) is 8.54. The highest BCUT2D eigenvalue weighted by Gasteiger charge is 2.15. The second kappa shape index (κ2) is 5.19. The Bertz CT molecular complexity index is 163. The monoisotopic (exact) mass is 189 g/mol. The molecule has 0 rings (SSSR count). The fourth-order valence-corrected chi connectivity index (χ4v) is 0.639. The minimum absolute atomic E-state index is 0.142. The van der Waals surface area contributed by atoms with Gasteiger partial charge in [0.25, 0.3) is 0 Å². The summed E-state index contributed by atoms with van der Waals surface area (Å²) in [7, 11) is 0. The molecule has 0 amide bonds. The molecule has 0 saturated heterocycles. The van der Waals surface area contributed by atoms with Gasteiger partial charge in [-0.3, -0.25) is 4.79 Å². The predicted molar refractivity (Wildman–Crippen MR) is 50.1 cm³/mol. The van der Waals surface area contributed by atoms with Crippen molar-refractivity contribution in [2.24, 2.45) is 11.1 Å². The van der Waals surface area contributed by atoms with Gasteiger partial charge in [0, 0.05) is 0 Å². The molecule has 0 aromatic rings. The topological polar surface area (TPSA) is 72.5 Å². The zero-order valence-electron chi connectivity index (χ0n) is 8.54. The average molecular weight is 189 g/mol. The van der Waals surface area contributed by atoms with Gasteiger partial charge in [-0.1, -0.05) is 20.8 Å². The third-order valence-corrected chi connectivity index (χ3v) is 1.60. The van der Waals surface area contributed by atoms with E-state index in [0.717, 1.165) is 6.42 Å². The number of carbonyl (C=O) groups is 1. The van der Waals surface area contributed by atoms with Crippen molar-refractivity contribution in [1.29, 1.82) is 0 Å². The van der Waals surface area contributed by atoms with Crippen LogP contribution in [-0.4, -0.2) is 30.3 Å². The van der Waals surface area contributed by atoms with E-state index in [0.29, 0.717) is 6.61 Å². The first-order valence-corrected chi connectivity index (χ1v) is 4.40. The van der Waals surface area contributed by atoms with E-state index < -0.39 is 12.0 Å². The minimum Gasteiger partial charge on any atom is -0.464 e. The molecule has 0 heterocycles. The molecule has 0 aliphatic heterocycles. The Morgan fingerprint density at radius 3 is 2.46 bits per heavy atom. The van der Waals surface area contributed by atoms with E-state index in [4.69, 9.17) is 15.6 Å². The molecule has 1 atom stereocenters. The van der Waals surface area contributed by atoms with E-state index in [9.17, 15) is 4.79 Å². The van der Waals surface area contributed by atoms with Crippen LogP contribution in [-0.2, 0) is 9.53 Å². The van der Waals surface area contributed by atoms with Crippen LogP contribution in [0.15, 0.2) is 0 Å². The fourth-order valence-electron chi connectivity index (χ4n) is 0.639. The first-order chi connectivity index (χ1) is 5.87.